The Hall–Kier alpha value is -1.91. The molecule has 0 spiro atoms. The minimum atomic E-state index is -0.113. The van der Waals surface area contributed by atoms with Crippen molar-refractivity contribution >= 4 is 40.5 Å². The van der Waals surface area contributed by atoms with Gasteiger partial charge in [0.15, 0.2) is 6.61 Å². The van der Waals surface area contributed by atoms with Gasteiger partial charge in [0.1, 0.15) is 5.75 Å². The van der Waals surface area contributed by atoms with Gasteiger partial charge in [-0.15, -0.1) is 0 Å². The Labute approximate surface area is 132 Å². The van der Waals surface area contributed by atoms with E-state index in [2.05, 4.69) is 0 Å². The first kappa shape index (κ1) is 14.0. The van der Waals surface area contributed by atoms with Gasteiger partial charge >= 0.3 is 0 Å². The van der Waals surface area contributed by atoms with Crippen LogP contribution in [-0.2, 0) is 11.3 Å². The van der Waals surface area contributed by atoms with Crippen molar-refractivity contribution in [2.24, 2.45) is 0 Å². The molecule has 1 amide bonds. The van der Waals surface area contributed by atoms with Crippen LogP contribution in [0.25, 0.3) is 0 Å². The second-order valence-corrected chi connectivity index (χ2v) is 5.56. The highest BCUT2D eigenvalue weighted by Gasteiger charge is 2.25. The van der Waals surface area contributed by atoms with Crippen LogP contribution in [0, 0.1) is 0 Å². The summed E-state index contributed by atoms with van der Waals surface area (Å²) in [6.45, 7) is 0.397. The van der Waals surface area contributed by atoms with Crippen LogP contribution in [0.1, 0.15) is 5.56 Å². The van der Waals surface area contributed by atoms with Crippen LogP contribution in [0.5, 0.6) is 5.75 Å². The van der Waals surface area contributed by atoms with Crippen LogP contribution in [-0.4, -0.2) is 12.5 Å². The number of nitrogens with two attached hydrogens (primary N) is 1. The standard InChI is InChI=1S/C15H12Cl2N2O2/c16-11-3-1-9(5-12(11)17)7-19-13-4-2-10(18)6-14(13)21-8-15(19)20/h1-6H,7-8,18H2. The molecule has 0 radical (unpaired) electrons. The molecule has 21 heavy (non-hydrogen) atoms. The molecule has 0 bridgehead atoms. The Balaban J connectivity index is 1.94. The predicted molar refractivity (Wildman–Crippen MR) is 84.0 cm³/mol. The van der Waals surface area contributed by atoms with E-state index in [4.69, 9.17) is 33.7 Å². The van der Waals surface area contributed by atoms with Crippen molar-refractivity contribution in [3.8, 4) is 5.75 Å². The minimum absolute atomic E-state index is 0.00221. The Bertz CT molecular complexity index is 719. The van der Waals surface area contributed by atoms with E-state index >= 15 is 0 Å². The van der Waals surface area contributed by atoms with E-state index in [9.17, 15) is 4.79 Å². The third-order valence-corrected chi connectivity index (χ3v) is 3.99. The number of rotatable bonds is 2. The minimum Gasteiger partial charge on any atom is -0.481 e. The van der Waals surface area contributed by atoms with E-state index < -0.39 is 0 Å². The van der Waals surface area contributed by atoms with E-state index in [-0.39, 0.29) is 12.5 Å². The second-order valence-electron chi connectivity index (χ2n) is 4.74. The molecular formula is C15H12Cl2N2O2. The molecule has 0 fully saturated rings. The van der Waals surface area contributed by atoms with E-state index in [0.717, 1.165) is 5.56 Å². The summed E-state index contributed by atoms with van der Waals surface area (Å²) < 4.78 is 5.41. The van der Waals surface area contributed by atoms with E-state index in [1.54, 1.807) is 35.2 Å². The van der Waals surface area contributed by atoms with Crippen molar-refractivity contribution in [2.45, 2.75) is 6.54 Å². The van der Waals surface area contributed by atoms with Crippen LogP contribution in [0.3, 0.4) is 0 Å². The Morgan fingerprint density at radius 1 is 1.14 bits per heavy atom. The molecule has 4 nitrogen and oxygen atoms in total. The number of amides is 1. The van der Waals surface area contributed by atoms with Crippen LogP contribution >= 0.6 is 23.2 Å². The maximum atomic E-state index is 12.1. The fraction of sp³-hybridized carbons (Fsp3) is 0.133. The molecule has 1 heterocycles. The molecule has 6 heteroatoms. The SMILES string of the molecule is Nc1ccc2c(c1)OCC(=O)N2Cc1ccc(Cl)c(Cl)c1. The van der Waals surface area contributed by atoms with E-state index in [0.29, 0.717) is 33.7 Å². The number of hydrogen-bond donors (Lipinski definition) is 1. The maximum absolute atomic E-state index is 12.1. The van der Waals surface area contributed by atoms with Gasteiger partial charge in [0.05, 0.1) is 22.3 Å². The summed E-state index contributed by atoms with van der Waals surface area (Å²) in [5, 5.41) is 0.953. The van der Waals surface area contributed by atoms with Gasteiger partial charge in [0.25, 0.3) is 5.91 Å². The average Bonchev–Trinajstić information content (AvgIpc) is 2.46. The lowest BCUT2D eigenvalue weighted by atomic mass is 10.1. The lowest BCUT2D eigenvalue weighted by Gasteiger charge is -2.29. The van der Waals surface area contributed by atoms with Crippen LogP contribution in [0.15, 0.2) is 36.4 Å². The first-order chi connectivity index (χ1) is 10.0. The quantitative estimate of drug-likeness (QED) is 0.861. The van der Waals surface area contributed by atoms with E-state index in [1.807, 2.05) is 6.07 Å². The van der Waals surface area contributed by atoms with Gasteiger partial charge in [0, 0.05) is 11.8 Å². The van der Waals surface area contributed by atoms with Crippen molar-refractivity contribution in [1.29, 1.82) is 0 Å². The molecule has 0 saturated carbocycles. The summed E-state index contributed by atoms with van der Waals surface area (Å²) in [6.07, 6.45) is 0. The molecule has 108 valence electrons. The van der Waals surface area contributed by atoms with Crippen LogP contribution in [0.2, 0.25) is 10.0 Å². The normalized spacial score (nSPS) is 13.8. The lowest BCUT2D eigenvalue weighted by molar-refractivity contribution is -0.121. The largest absolute Gasteiger partial charge is 0.481 e. The molecule has 1 aliphatic rings. The summed E-state index contributed by atoms with van der Waals surface area (Å²) in [5.41, 5.74) is 7.92. The summed E-state index contributed by atoms with van der Waals surface area (Å²) >= 11 is 11.9. The summed E-state index contributed by atoms with van der Waals surface area (Å²) in [4.78, 5) is 13.8. The van der Waals surface area contributed by atoms with Gasteiger partial charge in [-0.1, -0.05) is 29.3 Å². The third-order valence-electron chi connectivity index (χ3n) is 3.25. The number of halogens is 2. The first-order valence-corrected chi connectivity index (χ1v) is 7.07. The molecule has 0 aromatic heterocycles. The van der Waals surface area contributed by atoms with Gasteiger partial charge in [-0.3, -0.25) is 4.79 Å². The maximum Gasteiger partial charge on any atom is 0.265 e. The highest BCUT2D eigenvalue weighted by Crippen LogP contribution is 2.35. The van der Waals surface area contributed by atoms with Crippen molar-refractivity contribution in [1.82, 2.24) is 0 Å². The highest BCUT2D eigenvalue weighted by atomic mass is 35.5. The smallest absolute Gasteiger partial charge is 0.265 e. The number of benzene rings is 2. The number of ether oxygens (including phenoxy) is 1. The molecule has 0 saturated heterocycles. The topological polar surface area (TPSA) is 55.6 Å². The zero-order valence-corrected chi connectivity index (χ0v) is 12.5. The molecule has 2 N–H and O–H groups in total. The number of hydrogen-bond acceptors (Lipinski definition) is 3. The van der Waals surface area contributed by atoms with Crippen molar-refractivity contribution in [2.75, 3.05) is 17.2 Å². The zero-order chi connectivity index (χ0) is 15.0. The second kappa shape index (κ2) is 5.47. The van der Waals surface area contributed by atoms with Gasteiger partial charge in [-0.25, -0.2) is 0 Å². The molecule has 0 unspecified atom stereocenters. The summed E-state index contributed by atoms with van der Waals surface area (Å²) in [6, 6.07) is 10.5. The highest BCUT2D eigenvalue weighted by molar-refractivity contribution is 6.42. The number of anilines is 2. The number of nitrogen functional groups attached to an aromatic ring is 1. The fourth-order valence-corrected chi connectivity index (χ4v) is 2.54. The van der Waals surface area contributed by atoms with Gasteiger partial charge in [0.2, 0.25) is 0 Å². The molecule has 2 aromatic carbocycles. The molecule has 0 atom stereocenters. The van der Waals surface area contributed by atoms with Crippen LogP contribution < -0.4 is 15.4 Å². The monoisotopic (exact) mass is 322 g/mol. The average molecular weight is 323 g/mol. The molecule has 2 aromatic rings. The summed E-state index contributed by atoms with van der Waals surface area (Å²) in [5.74, 6) is 0.494. The number of fused-ring (bicyclic) bond motifs is 1. The van der Waals surface area contributed by atoms with Crippen LogP contribution in [0.4, 0.5) is 11.4 Å². The first-order valence-electron chi connectivity index (χ1n) is 6.31. The van der Waals surface area contributed by atoms with Gasteiger partial charge in [-0.05, 0) is 29.8 Å². The van der Waals surface area contributed by atoms with Crippen molar-refractivity contribution in [3.63, 3.8) is 0 Å². The number of carbonyl (C=O) groups excluding carboxylic acids is 1. The van der Waals surface area contributed by atoms with Crippen molar-refractivity contribution < 1.29 is 9.53 Å². The van der Waals surface area contributed by atoms with Gasteiger partial charge < -0.3 is 15.4 Å². The summed E-state index contributed by atoms with van der Waals surface area (Å²) in [7, 11) is 0. The third kappa shape index (κ3) is 2.77. The fourth-order valence-electron chi connectivity index (χ4n) is 2.21. The molecular weight excluding hydrogens is 311 g/mol. The molecule has 3 rings (SSSR count). The molecule has 1 aliphatic heterocycles. The molecule has 0 aliphatic carbocycles. The number of nitrogens with zero attached hydrogens (tertiary/aromatic N) is 1. The van der Waals surface area contributed by atoms with Gasteiger partial charge in [-0.2, -0.15) is 0 Å². The predicted octanol–water partition coefficient (Wildman–Crippen LogP) is 3.50. The lowest BCUT2D eigenvalue weighted by Crippen LogP contribution is -2.38. The Morgan fingerprint density at radius 2 is 1.95 bits per heavy atom. The van der Waals surface area contributed by atoms with Crippen molar-refractivity contribution in [3.05, 3.63) is 52.0 Å². The Kier molecular flexibility index (Phi) is 3.66. The van der Waals surface area contributed by atoms with E-state index in [1.165, 1.54) is 0 Å². The zero-order valence-electron chi connectivity index (χ0n) is 11.0. The number of carbonyl (C=O) groups is 1. The Morgan fingerprint density at radius 3 is 2.71 bits per heavy atom.